The first kappa shape index (κ1) is 9.40. The fourth-order valence-electron chi connectivity index (χ4n) is 1.10. The lowest BCUT2D eigenvalue weighted by atomic mass is 10.1. The van der Waals surface area contributed by atoms with Crippen LogP contribution in [-0.4, -0.2) is 6.61 Å². The van der Waals surface area contributed by atoms with E-state index in [1.165, 1.54) is 0 Å². The van der Waals surface area contributed by atoms with Gasteiger partial charge in [0.25, 0.3) is 0 Å². The predicted molar refractivity (Wildman–Crippen MR) is 52.0 cm³/mol. The van der Waals surface area contributed by atoms with E-state index < -0.39 is 0 Å². The Kier molecular flexibility index (Phi) is 3.42. The molecule has 1 aromatic rings. The lowest BCUT2D eigenvalue weighted by molar-refractivity contribution is 0.340. The van der Waals surface area contributed by atoms with E-state index in [4.69, 9.17) is 16.3 Å². The van der Waals surface area contributed by atoms with Gasteiger partial charge < -0.3 is 4.74 Å². The van der Waals surface area contributed by atoms with Crippen LogP contribution in [0.3, 0.4) is 0 Å². The second-order valence-electron chi connectivity index (χ2n) is 2.52. The Balaban J connectivity index is 2.97. The molecule has 0 fully saturated rings. The molecule has 0 aliphatic carbocycles. The molecule has 1 rings (SSSR count). The van der Waals surface area contributed by atoms with Crippen molar-refractivity contribution in [1.82, 2.24) is 0 Å². The van der Waals surface area contributed by atoms with E-state index in [-0.39, 0.29) is 0 Å². The molecule has 1 aromatic carbocycles. The predicted octanol–water partition coefficient (Wildman–Crippen LogP) is 3.30. The number of hydrogen-bond donors (Lipinski definition) is 0. The molecule has 66 valence electrons. The molecule has 12 heavy (non-hydrogen) atoms. The lowest BCUT2D eigenvalue weighted by Gasteiger charge is -2.07. The highest BCUT2D eigenvalue weighted by Crippen LogP contribution is 2.28. The molecule has 0 saturated heterocycles. The fourth-order valence-corrected chi connectivity index (χ4v) is 1.41. The van der Waals surface area contributed by atoms with Crippen molar-refractivity contribution < 1.29 is 4.74 Å². The zero-order valence-corrected chi connectivity index (χ0v) is 8.19. The third kappa shape index (κ3) is 1.92. The number of aryl methyl sites for hydroxylation is 1. The van der Waals surface area contributed by atoms with Gasteiger partial charge in [-0.05, 0) is 25.0 Å². The van der Waals surface area contributed by atoms with Crippen LogP contribution in [0, 0.1) is 0 Å². The van der Waals surface area contributed by atoms with Crippen molar-refractivity contribution in [2.24, 2.45) is 0 Å². The number of rotatable bonds is 3. The lowest BCUT2D eigenvalue weighted by Crippen LogP contribution is -1.93. The molecule has 0 aliphatic heterocycles. The molecule has 2 heteroatoms. The van der Waals surface area contributed by atoms with E-state index in [9.17, 15) is 0 Å². The summed E-state index contributed by atoms with van der Waals surface area (Å²) in [7, 11) is 0. The van der Waals surface area contributed by atoms with Crippen molar-refractivity contribution in [1.29, 1.82) is 0 Å². The minimum Gasteiger partial charge on any atom is -0.492 e. The van der Waals surface area contributed by atoms with Gasteiger partial charge in [0.2, 0.25) is 0 Å². The van der Waals surface area contributed by atoms with Crippen molar-refractivity contribution in [2.45, 2.75) is 20.3 Å². The zero-order chi connectivity index (χ0) is 8.97. The molecule has 0 N–H and O–H groups in total. The van der Waals surface area contributed by atoms with Gasteiger partial charge in [-0.25, -0.2) is 0 Å². The molecule has 0 atom stereocenters. The fraction of sp³-hybridized carbons (Fsp3) is 0.400. The maximum atomic E-state index is 6.06. The minimum absolute atomic E-state index is 0.660. The Hall–Kier alpha value is -0.690. The quantitative estimate of drug-likeness (QED) is 0.701. The SMILES string of the molecule is CCOc1cccc(CC)c1Cl. The van der Waals surface area contributed by atoms with E-state index in [1.54, 1.807) is 0 Å². The molecule has 0 amide bonds. The molecule has 0 spiro atoms. The monoisotopic (exact) mass is 184 g/mol. The van der Waals surface area contributed by atoms with E-state index in [1.807, 2.05) is 25.1 Å². The molecule has 0 aromatic heterocycles. The van der Waals surface area contributed by atoms with Crippen LogP contribution >= 0.6 is 11.6 Å². The summed E-state index contributed by atoms with van der Waals surface area (Å²) in [6, 6.07) is 5.88. The van der Waals surface area contributed by atoms with Crippen LogP contribution in [0.2, 0.25) is 5.02 Å². The van der Waals surface area contributed by atoms with Crippen molar-refractivity contribution in [3.8, 4) is 5.75 Å². The maximum Gasteiger partial charge on any atom is 0.138 e. The highest BCUT2D eigenvalue weighted by Gasteiger charge is 2.03. The van der Waals surface area contributed by atoms with Crippen LogP contribution in [0.5, 0.6) is 5.75 Å². The average molecular weight is 185 g/mol. The summed E-state index contributed by atoms with van der Waals surface area (Å²) in [6.45, 7) is 4.69. The molecular weight excluding hydrogens is 172 g/mol. The van der Waals surface area contributed by atoms with Gasteiger partial charge in [0.1, 0.15) is 5.75 Å². The zero-order valence-electron chi connectivity index (χ0n) is 7.43. The highest BCUT2D eigenvalue weighted by atomic mass is 35.5. The summed E-state index contributed by atoms with van der Waals surface area (Å²) in [5, 5.41) is 0.752. The average Bonchev–Trinajstić information content (AvgIpc) is 2.09. The topological polar surface area (TPSA) is 9.23 Å². The highest BCUT2D eigenvalue weighted by molar-refractivity contribution is 6.32. The van der Waals surface area contributed by atoms with Crippen molar-refractivity contribution in [2.75, 3.05) is 6.61 Å². The van der Waals surface area contributed by atoms with Crippen LogP contribution in [0.25, 0.3) is 0 Å². The number of hydrogen-bond acceptors (Lipinski definition) is 1. The van der Waals surface area contributed by atoms with Gasteiger partial charge in [0, 0.05) is 0 Å². The van der Waals surface area contributed by atoms with Crippen molar-refractivity contribution in [3.05, 3.63) is 28.8 Å². The second kappa shape index (κ2) is 4.36. The van der Waals surface area contributed by atoms with Gasteiger partial charge in [-0.1, -0.05) is 30.7 Å². The molecule has 0 heterocycles. The summed E-state index contributed by atoms with van der Waals surface area (Å²) in [5.74, 6) is 0.790. The Morgan fingerprint density at radius 1 is 1.33 bits per heavy atom. The summed E-state index contributed by atoms with van der Waals surface area (Å²) in [4.78, 5) is 0. The first-order valence-electron chi connectivity index (χ1n) is 4.19. The summed E-state index contributed by atoms with van der Waals surface area (Å²) in [6.07, 6.45) is 0.944. The molecule has 0 aliphatic rings. The Bertz CT molecular complexity index is 258. The summed E-state index contributed by atoms with van der Waals surface area (Å²) < 4.78 is 5.35. The Morgan fingerprint density at radius 2 is 2.08 bits per heavy atom. The molecule has 0 saturated carbocycles. The molecular formula is C10H13ClO. The third-order valence-corrected chi connectivity index (χ3v) is 2.15. The van der Waals surface area contributed by atoms with Gasteiger partial charge in [-0.2, -0.15) is 0 Å². The van der Waals surface area contributed by atoms with Gasteiger partial charge in [-0.15, -0.1) is 0 Å². The second-order valence-corrected chi connectivity index (χ2v) is 2.89. The molecule has 1 nitrogen and oxygen atoms in total. The van der Waals surface area contributed by atoms with Crippen molar-refractivity contribution in [3.63, 3.8) is 0 Å². The molecule has 0 radical (unpaired) electrons. The van der Waals surface area contributed by atoms with Gasteiger partial charge in [0.05, 0.1) is 11.6 Å². The standard InChI is InChI=1S/C10H13ClO/c1-3-8-6-5-7-9(10(8)11)12-4-2/h5-7H,3-4H2,1-2H3. The van der Waals surface area contributed by atoms with Gasteiger partial charge >= 0.3 is 0 Å². The van der Waals surface area contributed by atoms with Gasteiger partial charge in [0.15, 0.2) is 0 Å². The largest absolute Gasteiger partial charge is 0.492 e. The summed E-state index contributed by atoms with van der Waals surface area (Å²) >= 11 is 6.06. The maximum absolute atomic E-state index is 6.06. The van der Waals surface area contributed by atoms with E-state index in [0.717, 1.165) is 22.8 Å². The normalized spacial score (nSPS) is 9.92. The first-order chi connectivity index (χ1) is 5.79. The van der Waals surface area contributed by atoms with Crippen LogP contribution in [-0.2, 0) is 6.42 Å². The van der Waals surface area contributed by atoms with E-state index in [2.05, 4.69) is 6.92 Å². The number of halogens is 1. The molecule has 0 unspecified atom stereocenters. The smallest absolute Gasteiger partial charge is 0.138 e. The Labute approximate surface area is 78.3 Å². The van der Waals surface area contributed by atoms with Crippen LogP contribution < -0.4 is 4.74 Å². The summed E-state index contributed by atoms with van der Waals surface area (Å²) in [5.41, 5.74) is 1.14. The van der Waals surface area contributed by atoms with Crippen LogP contribution in [0.4, 0.5) is 0 Å². The van der Waals surface area contributed by atoms with Crippen LogP contribution in [0.15, 0.2) is 18.2 Å². The Morgan fingerprint density at radius 3 is 2.67 bits per heavy atom. The third-order valence-electron chi connectivity index (χ3n) is 1.72. The number of ether oxygens (including phenoxy) is 1. The van der Waals surface area contributed by atoms with Crippen LogP contribution in [0.1, 0.15) is 19.4 Å². The van der Waals surface area contributed by atoms with Crippen molar-refractivity contribution >= 4 is 11.6 Å². The van der Waals surface area contributed by atoms with E-state index >= 15 is 0 Å². The molecule has 0 bridgehead atoms. The van der Waals surface area contributed by atoms with Gasteiger partial charge in [-0.3, -0.25) is 0 Å². The minimum atomic E-state index is 0.660. The van der Waals surface area contributed by atoms with E-state index in [0.29, 0.717) is 6.61 Å². The first-order valence-corrected chi connectivity index (χ1v) is 4.57. The number of benzene rings is 1.